The van der Waals surface area contributed by atoms with Crippen molar-refractivity contribution in [1.29, 1.82) is 0 Å². The molecule has 1 saturated heterocycles. The van der Waals surface area contributed by atoms with Gasteiger partial charge in [-0.3, -0.25) is 4.98 Å². The minimum Gasteiger partial charge on any atom is -0.387 e. The summed E-state index contributed by atoms with van der Waals surface area (Å²) in [4.78, 5) is 4.50. The predicted octanol–water partition coefficient (Wildman–Crippen LogP) is 3.86. The number of ether oxygens (including phenoxy) is 1. The van der Waals surface area contributed by atoms with Crippen LogP contribution in [0.2, 0.25) is 0 Å². The molecule has 1 aliphatic carbocycles. The Morgan fingerprint density at radius 3 is 2.76 bits per heavy atom. The van der Waals surface area contributed by atoms with Crippen LogP contribution in [-0.2, 0) is 4.74 Å². The summed E-state index contributed by atoms with van der Waals surface area (Å²) in [7, 11) is 0. The fraction of sp³-hybridized carbons (Fsp3) is 0.722. The predicted molar refractivity (Wildman–Crippen MR) is 83.2 cm³/mol. The maximum absolute atomic E-state index is 10.8. The van der Waals surface area contributed by atoms with Crippen molar-refractivity contribution in [3.05, 3.63) is 29.1 Å². The molecule has 1 spiro atoms. The SMILES string of the molecule is Cc1cnc(C(O)C2CCOC3(CCCCC3)C2)c(C)c1. The Morgan fingerprint density at radius 1 is 1.29 bits per heavy atom. The Kier molecular flexibility index (Phi) is 4.32. The smallest absolute Gasteiger partial charge is 0.0992 e. The molecular formula is C18H27NO2. The first-order chi connectivity index (χ1) is 10.1. The number of nitrogens with zero attached hydrogens (tertiary/aromatic N) is 1. The molecule has 1 aromatic rings. The second kappa shape index (κ2) is 6.05. The molecule has 2 fully saturated rings. The van der Waals surface area contributed by atoms with E-state index in [0.29, 0.717) is 0 Å². The lowest BCUT2D eigenvalue weighted by molar-refractivity contribution is -0.134. The number of aliphatic hydroxyl groups is 1. The van der Waals surface area contributed by atoms with Gasteiger partial charge < -0.3 is 9.84 Å². The van der Waals surface area contributed by atoms with E-state index in [4.69, 9.17) is 4.74 Å². The second-order valence-electron chi connectivity index (χ2n) is 7.00. The molecule has 21 heavy (non-hydrogen) atoms. The van der Waals surface area contributed by atoms with Gasteiger partial charge in [0.15, 0.2) is 0 Å². The molecule has 1 aliphatic heterocycles. The van der Waals surface area contributed by atoms with Gasteiger partial charge in [-0.2, -0.15) is 0 Å². The Balaban J connectivity index is 1.76. The lowest BCUT2D eigenvalue weighted by atomic mass is 9.74. The standard InChI is InChI=1S/C18H27NO2/c1-13-10-14(2)16(19-12-13)17(20)15-6-9-21-18(11-15)7-4-3-5-8-18/h10,12,15,17,20H,3-9,11H2,1-2H3. The summed E-state index contributed by atoms with van der Waals surface area (Å²) in [5, 5.41) is 10.8. The van der Waals surface area contributed by atoms with Crippen molar-refractivity contribution in [3.63, 3.8) is 0 Å². The molecule has 1 saturated carbocycles. The summed E-state index contributed by atoms with van der Waals surface area (Å²) >= 11 is 0. The van der Waals surface area contributed by atoms with Crippen LogP contribution in [0, 0.1) is 19.8 Å². The van der Waals surface area contributed by atoms with Gasteiger partial charge in [-0.1, -0.05) is 25.3 Å². The molecule has 116 valence electrons. The number of rotatable bonds is 2. The van der Waals surface area contributed by atoms with Gasteiger partial charge in [-0.05, 0) is 56.6 Å². The summed E-state index contributed by atoms with van der Waals surface area (Å²) in [5.41, 5.74) is 3.16. The van der Waals surface area contributed by atoms with Crippen LogP contribution in [0.5, 0.6) is 0 Å². The van der Waals surface area contributed by atoms with Gasteiger partial charge in [0.05, 0.1) is 17.4 Å². The average Bonchev–Trinajstić information content (AvgIpc) is 2.47. The summed E-state index contributed by atoms with van der Waals surface area (Å²) in [5.74, 6) is 0.283. The van der Waals surface area contributed by atoms with Gasteiger partial charge in [0.1, 0.15) is 0 Å². The quantitative estimate of drug-likeness (QED) is 0.899. The molecule has 2 atom stereocenters. The fourth-order valence-corrected chi connectivity index (χ4v) is 4.14. The minimum absolute atomic E-state index is 0.0424. The van der Waals surface area contributed by atoms with Gasteiger partial charge in [0, 0.05) is 12.8 Å². The van der Waals surface area contributed by atoms with E-state index in [-0.39, 0.29) is 11.5 Å². The first-order valence-corrected chi connectivity index (χ1v) is 8.35. The Labute approximate surface area is 127 Å². The fourth-order valence-electron chi connectivity index (χ4n) is 4.14. The molecule has 2 unspecified atom stereocenters. The molecule has 1 aromatic heterocycles. The molecule has 0 amide bonds. The van der Waals surface area contributed by atoms with E-state index in [0.717, 1.165) is 49.1 Å². The lowest BCUT2D eigenvalue weighted by Crippen LogP contribution is -2.43. The van der Waals surface area contributed by atoms with Gasteiger partial charge in [-0.25, -0.2) is 0 Å². The van der Waals surface area contributed by atoms with Gasteiger partial charge in [0.25, 0.3) is 0 Å². The van der Waals surface area contributed by atoms with E-state index in [1.165, 1.54) is 19.3 Å². The third-order valence-electron chi connectivity index (χ3n) is 5.28. The van der Waals surface area contributed by atoms with E-state index in [1.54, 1.807) is 0 Å². The Morgan fingerprint density at radius 2 is 2.05 bits per heavy atom. The van der Waals surface area contributed by atoms with Gasteiger partial charge in [-0.15, -0.1) is 0 Å². The van der Waals surface area contributed by atoms with Crippen LogP contribution >= 0.6 is 0 Å². The number of hydrogen-bond donors (Lipinski definition) is 1. The Bertz CT molecular complexity index is 488. The van der Waals surface area contributed by atoms with Gasteiger partial charge >= 0.3 is 0 Å². The molecule has 0 bridgehead atoms. The zero-order valence-electron chi connectivity index (χ0n) is 13.3. The van der Waals surface area contributed by atoms with Crippen molar-refractivity contribution in [2.75, 3.05) is 6.61 Å². The largest absolute Gasteiger partial charge is 0.387 e. The number of aromatic nitrogens is 1. The molecule has 0 radical (unpaired) electrons. The molecule has 1 N–H and O–H groups in total. The van der Waals surface area contributed by atoms with Crippen molar-refractivity contribution in [2.45, 2.75) is 70.5 Å². The third kappa shape index (κ3) is 3.14. The first kappa shape index (κ1) is 15.0. The zero-order valence-corrected chi connectivity index (χ0v) is 13.3. The lowest BCUT2D eigenvalue weighted by Gasteiger charge is -2.44. The van der Waals surface area contributed by atoms with Crippen LogP contribution in [0.25, 0.3) is 0 Å². The summed E-state index contributed by atoms with van der Waals surface area (Å²) in [6, 6.07) is 2.11. The maximum Gasteiger partial charge on any atom is 0.0992 e. The molecule has 3 rings (SSSR count). The van der Waals surface area contributed by atoms with Crippen molar-refractivity contribution in [3.8, 4) is 0 Å². The van der Waals surface area contributed by atoms with E-state index in [2.05, 4.69) is 11.1 Å². The van der Waals surface area contributed by atoms with Crippen LogP contribution in [0.3, 0.4) is 0 Å². The van der Waals surface area contributed by atoms with Crippen LogP contribution < -0.4 is 0 Å². The number of aliphatic hydroxyl groups excluding tert-OH is 1. The van der Waals surface area contributed by atoms with Crippen molar-refractivity contribution >= 4 is 0 Å². The normalized spacial score (nSPS) is 26.7. The van der Waals surface area contributed by atoms with Crippen molar-refractivity contribution < 1.29 is 9.84 Å². The summed E-state index contributed by atoms with van der Waals surface area (Å²) in [6.07, 6.45) is 9.54. The van der Waals surface area contributed by atoms with E-state index in [9.17, 15) is 5.11 Å². The number of pyridine rings is 1. The first-order valence-electron chi connectivity index (χ1n) is 8.35. The average molecular weight is 289 g/mol. The van der Waals surface area contributed by atoms with E-state index in [1.807, 2.05) is 20.0 Å². The maximum atomic E-state index is 10.8. The third-order valence-corrected chi connectivity index (χ3v) is 5.28. The molecule has 2 heterocycles. The highest BCUT2D eigenvalue weighted by molar-refractivity contribution is 5.25. The highest BCUT2D eigenvalue weighted by Crippen LogP contribution is 2.44. The highest BCUT2D eigenvalue weighted by Gasteiger charge is 2.41. The summed E-state index contributed by atoms with van der Waals surface area (Å²) < 4.78 is 6.14. The zero-order chi connectivity index (χ0) is 14.9. The number of aryl methyl sites for hydroxylation is 2. The monoisotopic (exact) mass is 289 g/mol. The van der Waals surface area contributed by atoms with Crippen LogP contribution in [0.4, 0.5) is 0 Å². The Hall–Kier alpha value is -0.930. The molecular weight excluding hydrogens is 262 g/mol. The van der Waals surface area contributed by atoms with Gasteiger partial charge in [0.2, 0.25) is 0 Å². The van der Waals surface area contributed by atoms with Crippen LogP contribution in [0.1, 0.15) is 67.9 Å². The summed E-state index contributed by atoms with van der Waals surface area (Å²) in [6.45, 7) is 4.88. The minimum atomic E-state index is -0.451. The molecule has 3 heteroatoms. The molecule has 0 aromatic carbocycles. The highest BCUT2D eigenvalue weighted by atomic mass is 16.5. The van der Waals surface area contributed by atoms with Crippen molar-refractivity contribution in [2.24, 2.45) is 5.92 Å². The molecule has 3 nitrogen and oxygen atoms in total. The van der Waals surface area contributed by atoms with Crippen LogP contribution in [-0.4, -0.2) is 22.3 Å². The number of hydrogen-bond acceptors (Lipinski definition) is 3. The van der Waals surface area contributed by atoms with E-state index >= 15 is 0 Å². The van der Waals surface area contributed by atoms with E-state index < -0.39 is 6.10 Å². The molecule has 2 aliphatic rings. The van der Waals surface area contributed by atoms with Crippen molar-refractivity contribution in [1.82, 2.24) is 4.98 Å². The topological polar surface area (TPSA) is 42.4 Å². The second-order valence-corrected chi connectivity index (χ2v) is 7.00. The van der Waals surface area contributed by atoms with Crippen LogP contribution in [0.15, 0.2) is 12.3 Å².